The summed E-state index contributed by atoms with van der Waals surface area (Å²) in [5.74, 6) is 1.28. The van der Waals surface area contributed by atoms with Gasteiger partial charge in [0.2, 0.25) is 5.95 Å². The van der Waals surface area contributed by atoms with E-state index in [1.165, 1.54) is 37.9 Å². The molecular formula is C22H32N6. The average Bonchev–Trinajstić information content (AvgIpc) is 2.74. The second-order valence-corrected chi connectivity index (χ2v) is 8.15. The first-order valence-electron chi connectivity index (χ1n) is 10.5. The number of hydrogen-bond acceptors (Lipinski definition) is 6. The Bertz CT molecular complexity index is 776. The van der Waals surface area contributed by atoms with Gasteiger partial charge in [-0.2, -0.15) is 4.98 Å². The number of benzene rings is 1. The highest BCUT2D eigenvalue weighted by Gasteiger charge is 2.19. The molecule has 1 aromatic heterocycles. The molecule has 0 spiro atoms. The Morgan fingerprint density at radius 2 is 1.57 bits per heavy atom. The van der Waals surface area contributed by atoms with Gasteiger partial charge >= 0.3 is 0 Å². The van der Waals surface area contributed by atoms with Gasteiger partial charge in [-0.15, -0.1) is 0 Å². The zero-order chi connectivity index (χ0) is 19.5. The van der Waals surface area contributed by atoms with Crippen LogP contribution in [-0.4, -0.2) is 66.1 Å². The van der Waals surface area contributed by atoms with Crippen LogP contribution in [0, 0.1) is 0 Å². The Balaban J connectivity index is 1.52. The molecule has 3 heterocycles. The third kappa shape index (κ3) is 4.28. The number of nitrogens with zero attached hydrogens (tertiary/aromatic N) is 5. The highest BCUT2D eigenvalue weighted by Crippen LogP contribution is 2.28. The minimum Gasteiger partial charge on any atom is -0.368 e. The van der Waals surface area contributed by atoms with E-state index >= 15 is 0 Å². The SMILES string of the molecule is CC(c1ccc(-c2cc(N3CCN(C)CC3)nc(N)n2)cc1)N1CCCCC1. The summed E-state index contributed by atoms with van der Waals surface area (Å²) in [6.45, 7) is 8.76. The van der Waals surface area contributed by atoms with Crippen LogP contribution in [0.1, 0.15) is 37.8 Å². The number of likely N-dealkylation sites (tertiary alicyclic amines) is 1. The number of rotatable bonds is 4. The fraction of sp³-hybridized carbons (Fsp3) is 0.545. The molecule has 0 saturated carbocycles. The van der Waals surface area contributed by atoms with Crippen molar-refractivity contribution in [2.75, 3.05) is 56.9 Å². The van der Waals surface area contributed by atoms with E-state index in [0.29, 0.717) is 12.0 Å². The molecule has 0 radical (unpaired) electrons. The van der Waals surface area contributed by atoms with Crippen molar-refractivity contribution in [2.24, 2.45) is 0 Å². The van der Waals surface area contributed by atoms with Crippen LogP contribution in [0.5, 0.6) is 0 Å². The molecule has 1 unspecified atom stereocenters. The second kappa shape index (κ2) is 8.45. The number of nitrogens with two attached hydrogens (primary N) is 1. The number of anilines is 2. The van der Waals surface area contributed by atoms with Crippen molar-refractivity contribution in [1.82, 2.24) is 19.8 Å². The molecule has 2 N–H and O–H groups in total. The van der Waals surface area contributed by atoms with Gasteiger partial charge in [0, 0.05) is 43.9 Å². The van der Waals surface area contributed by atoms with Crippen LogP contribution >= 0.6 is 0 Å². The Morgan fingerprint density at radius 3 is 2.25 bits per heavy atom. The average molecular weight is 381 g/mol. The Hall–Kier alpha value is -2.18. The summed E-state index contributed by atoms with van der Waals surface area (Å²) in [6, 6.07) is 11.4. The van der Waals surface area contributed by atoms with Gasteiger partial charge in [-0.3, -0.25) is 4.90 Å². The molecule has 1 aromatic carbocycles. The van der Waals surface area contributed by atoms with Gasteiger partial charge in [-0.1, -0.05) is 30.7 Å². The van der Waals surface area contributed by atoms with Crippen molar-refractivity contribution in [3.8, 4) is 11.3 Å². The zero-order valence-electron chi connectivity index (χ0n) is 17.1. The van der Waals surface area contributed by atoms with E-state index in [0.717, 1.165) is 43.3 Å². The fourth-order valence-corrected chi connectivity index (χ4v) is 4.25. The maximum Gasteiger partial charge on any atom is 0.222 e. The number of hydrogen-bond donors (Lipinski definition) is 1. The minimum absolute atomic E-state index is 0.345. The fourth-order valence-electron chi connectivity index (χ4n) is 4.25. The molecule has 2 aromatic rings. The summed E-state index contributed by atoms with van der Waals surface area (Å²) in [4.78, 5) is 16.2. The van der Waals surface area contributed by atoms with Crippen molar-refractivity contribution < 1.29 is 0 Å². The Labute approximate surface area is 168 Å². The molecule has 6 heteroatoms. The van der Waals surface area contributed by atoms with Crippen LogP contribution in [0.15, 0.2) is 30.3 Å². The summed E-state index contributed by atoms with van der Waals surface area (Å²) in [5, 5.41) is 0. The summed E-state index contributed by atoms with van der Waals surface area (Å²) in [5.41, 5.74) is 9.41. The first-order valence-corrected chi connectivity index (χ1v) is 10.5. The van der Waals surface area contributed by atoms with E-state index in [9.17, 15) is 0 Å². The lowest BCUT2D eigenvalue weighted by molar-refractivity contribution is 0.175. The Kier molecular flexibility index (Phi) is 5.78. The molecule has 2 fully saturated rings. The van der Waals surface area contributed by atoms with Crippen LogP contribution < -0.4 is 10.6 Å². The monoisotopic (exact) mass is 380 g/mol. The smallest absolute Gasteiger partial charge is 0.222 e. The van der Waals surface area contributed by atoms with E-state index in [2.05, 4.69) is 69.0 Å². The molecule has 0 bridgehead atoms. The molecule has 0 aliphatic carbocycles. The lowest BCUT2D eigenvalue weighted by Gasteiger charge is -2.33. The van der Waals surface area contributed by atoms with Gasteiger partial charge in [0.1, 0.15) is 5.82 Å². The molecule has 150 valence electrons. The third-order valence-corrected chi connectivity index (χ3v) is 6.18. The molecule has 2 saturated heterocycles. The van der Waals surface area contributed by atoms with Crippen LogP contribution in [0.3, 0.4) is 0 Å². The van der Waals surface area contributed by atoms with Crippen molar-refractivity contribution in [3.05, 3.63) is 35.9 Å². The first-order chi connectivity index (χ1) is 13.6. The maximum absolute atomic E-state index is 6.04. The molecule has 6 nitrogen and oxygen atoms in total. The molecule has 0 amide bonds. The lowest BCUT2D eigenvalue weighted by Crippen LogP contribution is -2.44. The van der Waals surface area contributed by atoms with Crippen molar-refractivity contribution >= 4 is 11.8 Å². The predicted molar refractivity (Wildman–Crippen MR) is 115 cm³/mol. The summed E-state index contributed by atoms with van der Waals surface area (Å²) < 4.78 is 0. The van der Waals surface area contributed by atoms with Gasteiger partial charge in [-0.25, -0.2) is 4.98 Å². The molecule has 2 aliphatic rings. The third-order valence-electron chi connectivity index (χ3n) is 6.18. The predicted octanol–water partition coefficient (Wildman–Crippen LogP) is 3.02. The minimum atomic E-state index is 0.345. The molecule has 28 heavy (non-hydrogen) atoms. The summed E-state index contributed by atoms with van der Waals surface area (Å²) >= 11 is 0. The molecule has 1 atom stereocenters. The van der Waals surface area contributed by atoms with E-state index in [1.54, 1.807) is 0 Å². The molecular weight excluding hydrogens is 348 g/mol. The topological polar surface area (TPSA) is 61.5 Å². The number of piperazine rings is 1. The number of aromatic nitrogens is 2. The van der Waals surface area contributed by atoms with E-state index in [1.807, 2.05) is 0 Å². The number of likely N-dealkylation sites (N-methyl/N-ethyl adjacent to an activating group) is 1. The van der Waals surface area contributed by atoms with Gasteiger partial charge < -0.3 is 15.5 Å². The van der Waals surface area contributed by atoms with Gasteiger partial charge in [-0.05, 0) is 45.5 Å². The summed E-state index contributed by atoms with van der Waals surface area (Å²) in [7, 11) is 2.16. The van der Waals surface area contributed by atoms with Gasteiger partial charge in [0.05, 0.1) is 5.69 Å². The van der Waals surface area contributed by atoms with E-state index in [-0.39, 0.29) is 0 Å². The van der Waals surface area contributed by atoms with Crippen molar-refractivity contribution in [1.29, 1.82) is 0 Å². The van der Waals surface area contributed by atoms with Crippen LogP contribution in [0.4, 0.5) is 11.8 Å². The van der Waals surface area contributed by atoms with Gasteiger partial charge in [0.25, 0.3) is 0 Å². The standard InChI is InChI=1S/C22H32N6/c1-17(27-10-4-3-5-11-27)18-6-8-19(9-7-18)20-16-21(25-22(23)24-20)28-14-12-26(2)13-15-28/h6-9,16-17H,3-5,10-15H2,1-2H3,(H2,23,24,25). The van der Waals surface area contributed by atoms with Crippen molar-refractivity contribution in [3.63, 3.8) is 0 Å². The number of piperidine rings is 1. The van der Waals surface area contributed by atoms with Crippen molar-refractivity contribution in [2.45, 2.75) is 32.2 Å². The first kappa shape index (κ1) is 19.2. The molecule has 2 aliphatic heterocycles. The van der Waals surface area contributed by atoms with Crippen LogP contribution in [0.25, 0.3) is 11.3 Å². The van der Waals surface area contributed by atoms with Gasteiger partial charge in [0.15, 0.2) is 0 Å². The van der Waals surface area contributed by atoms with E-state index < -0.39 is 0 Å². The normalized spacial score (nSPS) is 20.3. The van der Waals surface area contributed by atoms with Crippen LogP contribution in [0.2, 0.25) is 0 Å². The maximum atomic E-state index is 6.04. The largest absolute Gasteiger partial charge is 0.368 e. The van der Waals surface area contributed by atoms with Crippen LogP contribution in [-0.2, 0) is 0 Å². The highest BCUT2D eigenvalue weighted by molar-refractivity contribution is 5.65. The molecule has 4 rings (SSSR count). The highest BCUT2D eigenvalue weighted by atomic mass is 15.3. The summed E-state index contributed by atoms with van der Waals surface area (Å²) in [6.07, 6.45) is 4.00. The zero-order valence-corrected chi connectivity index (χ0v) is 17.1. The quantitative estimate of drug-likeness (QED) is 0.880. The van der Waals surface area contributed by atoms with E-state index in [4.69, 9.17) is 5.73 Å². The lowest BCUT2D eigenvalue weighted by atomic mass is 10.0. The second-order valence-electron chi connectivity index (χ2n) is 8.15. The Morgan fingerprint density at radius 1 is 0.893 bits per heavy atom. The number of nitrogen functional groups attached to an aromatic ring is 1.